The van der Waals surface area contributed by atoms with Crippen molar-refractivity contribution in [3.05, 3.63) is 11.8 Å². The second-order valence-corrected chi connectivity index (χ2v) is 5.45. The Hall–Kier alpha value is -1.57. The van der Waals surface area contributed by atoms with E-state index >= 15 is 0 Å². The Bertz CT molecular complexity index is 452. The van der Waals surface area contributed by atoms with Crippen molar-refractivity contribution < 1.29 is 13.2 Å². The molecule has 0 spiro atoms. The first-order chi connectivity index (χ1) is 7.25. The zero-order chi connectivity index (χ0) is 12.5. The molecule has 0 fully saturated rings. The van der Waals surface area contributed by atoms with Crippen molar-refractivity contribution in [3.8, 4) is 0 Å². The molecule has 0 bridgehead atoms. The Morgan fingerprint density at radius 2 is 2.19 bits per heavy atom. The topological polar surface area (TPSA) is 116 Å². The van der Waals surface area contributed by atoms with Gasteiger partial charge in [0.05, 0.1) is 5.57 Å². The van der Waals surface area contributed by atoms with Gasteiger partial charge in [-0.3, -0.25) is 14.9 Å². The Morgan fingerprint density at radius 1 is 1.62 bits per heavy atom. The molecule has 1 heterocycles. The molecule has 0 radical (unpaired) electrons. The van der Waals surface area contributed by atoms with Crippen LogP contribution in [-0.4, -0.2) is 31.0 Å². The van der Waals surface area contributed by atoms with Crippen molar-refractivity contribution in [1.29, 1.82) is 5.41 Å². The molecule has 90 valence electrons. The molecule has 0 aromatic rings. The summed E-state index contributed by atoms with van der Waals surface area (Å²) in [5.74, 6) is -1.19. The summed E-state index contributed by atoms with van der Waals surface area (Å²) in [5.41, 5.74) is 4.89. The number of amides is 1. The number of rotatable bonds is 3. The van der Waals surface area contributed by atoms with Crippen LogP contribution in [0.2, 0.25) is 0 Å². The van der Waals surface area contributed by atoms with E-state index in [4.69, 9.17) is 11.1 Å². The lowest BCUT2D eigenvalue weighted by molar-refractivity contribution is -0.114. The summed E-state index contributed by atoms with van der Waals surface area (Å²) in [7, 11) is -3.76. The lowest BCUT2D eigenvalue weighted by atomic mass is 10.2. The SMILES string of the molecule is CC(C)CN1C(=N)C(C(N)=O)=CNS1(=O)=O. The molecule has 0 unspecified atom stereocenters. The maximum Gasteiger partial charge on any atom is 0.324 e. The highest BCUT2D eigenvalue weighted by atomic mass is 32.2. The first-order valence-electron chi connectivity index (χ1n) is 4.64. The van der Waals surface area contributed by atoms with Gasteiger partial charge in [-0.25, -0.2) is 4.31 Å². The number of amidine groups is 1. The molecule has 4 N–H and O–H groups in total. The highest BCUT2D eigenvalue weighted by Crippen LogP contribution is 2.14. The van der Waals surface area contributed by atoms with E-state index in [0.717, 1.165) is 10.5 Å². The summed E-state index contributed by atoms with van der Waals surface area (Å²) in [6, 6.07) is 0. The molecule has 7 nitrogen and oxygen atoms in total. The number of hydrogen-bond donors (Lipinski definition) is 3. The average molecular weight is 246 g/mol. The Kier molecular flexibility index (Phi) is 3.22. The van der Waals surface area contributed by atoms with Gasteiger partial charge in [-0.1, -0.05) is 13.8 Å². The van der Waals surface area contributed by atoms with Crippen LogP contribution in [0.25, 0.3) is 0 Å². The normalized spacial score (nSPS) is 19.3. The predicted octanol–water partition coefficient (Wildman–Crippen LogP) is -0.861. The third-order valence-electron chi connectivity index (χ3n) is 1.94. The molecule has 0 aromatic heterocycles. The molecule has 1 rings (SSSR count). The van der Waals surface area contributed by atoms with Gasteiger partial charge in [0.1, 0.15) is 5.84 Å². The maximum atomic E-state index is 11.6. The predicted molar refractivity (Wildman–Crippen MR) is 58.6 cm³/mol. The largest absolute Gasteiger partial charge is 0.365 e. The van der Waals surface area contributed by atoms with E-state index in [2.05, 4.69) is 4.72 Å². The van der Waals surface area contributed by atoms with Crippen molar-refractivity contribution >= 4 is 22.0 Å². The van der Waals surface area contributed by atoms with Gasteiger partial charge in [0.15, 0.2) is 0 Å². The van der Waals surface area contributed by atoms with Crippen LogP contribution in [0.5, 0.6) is 0 Å². The number of carbonyl (C=O) groups is 1. The van der Waals surface area contributed by atoms with Crippen molar-refractivity contribution in [2.24, 2.45) is 11.7 Å². The van der Waals surface area contributed by atoms with E-state index in [-0.39, 0.29) is 23.9 Å². The molecule has 1 aliphatic rings. The molecule has 0 saturated carbocycles. The summed E-state index contributed by atoms with van der Waals surface area (Å²) in [6.07, 6.45) is 0.941. The smallest absolute Gasteiger partial charge is 0.324 e. The minimum atomic E-state index is -3.76. The maximum absolute atomic E-state index is 11.6. The van der Waals surface area contributed by atoms with Crippen LogP contribution < -0.4 is 10.5 Å². The highest BCUT2D eigenvalue weighted by Gasteiger charge is 2.32. The van der Waals surface area contributed by atoms with E-state index in [1.165, 1.54) is 0 Å². The van der Waals surface area contributed by atoms with E-state index in [9.17, 15) is 13.2 Å². The standard InChI is InChI=1S/C8H14N4O3S/c1-5(2)4-12-7(9)6(8(10)13)3-11-16(12,14)15/h3,5,9,11H,4H2,1-2H3,(H2,10,13). The van der Waals surface area contributed by atoms with Gasteiger partial charge >= 0.3 is 10.2 Å². The third-order valence-corrected chi connectivity index (χ3v) is 3.27. The van der Waals surface area contributed by atoms with E-state index < -0.39 is 16.1 Å². The molecular weight excluding hydrogens is 232 g/mol. The molecule has 0 aliphatic carbocycles. The minimum Gasteiger partial charge on any atom is -0.365 e. The summed E-state index contributed by atoms with van der Waals surface area (Å²) in [6.45, 7) is 3.74. The zero-order valence-electron chi connectivity index (χ0n) is 9.02. The zero-order valence-corrected chi connectivity index (χ0v) is 9.84. The van der Waals surface area contributed by atoms with Crippen LogP contribution in [0.4, 0.5) is 0 Å². The van der Waals surface area contributed by atoms with Crippen LogP contribution in [0.3, 0.4) is 0 Å². The summed E-state index contributed by atoms with van der Waals surface area (Å²) in [5, 5.41) is 7.62. The van der Waals surface area contributed by atoms with Gasteiger partial charge < -0.3 is 5.73 Å². The average Bonchev–Trinajstić information content (AvgIpc) is 2.11. The van der Waals surface area contributed by atoms with Crippen molar-refractivity contribution in [2.45, 2.75) is 13.8 Å². The number of carbonyl (C=O) groups excluding carboxylic acids is 1. The molecule has 1 aliphatic heterocycles. The second-order valence-electron chi connectivity index (χ2n) is 3.82. The first-order valence-corrected chi connectivity index (χ1v) is 6.08. The van der Waals surface area contributed by atoms with Crippen molar-refractivity contribution in [2.75, 3.05) is 6.54 Å². The van der Waals surface area contributed by atoms with Crippen LogP contribution in [-0.2, 0) is 15.0 Å². The lowest BCUT2D eigenvalue weighted by Gasteiger charge is -2.29. The van der Waals surface area contributed by atoms with Crippen molar-refractivity contribution in [3.63, 3.8) is 0 Å². The molecule has 16 heavy (non-hydrogen) atoms. The van der Waals surface area contributed by atoms with E-state index in [1.807, 2.05) is 13.8 Å². The summed E-state index contributed by atoms with van der Waals surface area (Å²) < 4.78 is 26.0. The van der Waals surface area contributed by atoms with Gasteiger partial charge in [0.25, 0.3) is 5.91 Å². The lowest BCUT2D eigenvalue weighted by Crippen LogP contribution is -2.50. The number of nitrogens with one attached hydrogen (secondary N) is 2. The minimum absolute atomic E-state index is 0.0316. The van der Waals surface area contributed by atoms with E-state index in [1.54, 1.807) is 0 Å². The van der Waals surface area contributed by atoms with E-state index in [0.29, 0.717) is 0 Å². The molecule has 0 aromatic carbocycles. The quantitative estimate of drug-likeness (QED) is 0.601. The number of nitrogens with zero attached hydrogens (tertiary/aromatic N) is 1. The first kappa shape index (κ1) is 12.5. The fourth-order valence-corrected chi connectivity index (χ4v) is 2.46. The number of hydrogen-bond acceptors (Lipinski definition) is 4. The third kappa shape index (κ3) is 2.32. The Morgan fingerprint density at radius 3 is 2.62 bits per heavy atom. The van der Waals surface area contributed by atoms with Gasteiger partial charge in [0, 0.05) is 12.7 Å². The van der Waals surface area contributed by atoms with Gasteiger partial charge in [-0.15, -0.1) is 0 Å². The fraction of sp³-hybridized carbons (Fsp3) is 0.500. The van der Waals surface area contributed by atoms with Gasteiger partial charge in [0.2, 0.25) is 0 Å². The van der Waals surface area contributed by atoms with Crippen LogP contribution in [0.15, 0.2) is 11.8 Å². The highest BCUT2D eigenvalue weighted by molar-refractivity contribution is 7.87. The monoisotopic (exact) mass is 246 g/mol. The Labute approximate surface area is 94.0 Å². The number of nitrogens with two attached hydrogens (primary N) is 1. The summed E-state index contributed by atoms with van der Waals surface area (Å²) in [4.78, 5) is 11.0. The molecular formula is C8H14N4O3S. The second kappa shape index (κ2) is 4.12. The van der Waals surface area contributed by atoms with Crippen LogP contribution in [0.1, 0.15) is 13.8 Å². The van der Waals surface area contributed by atoms with Gasteiger partial charge in [-0.2, -0.15) is 8.42 Å². The molecule has 0 atom stereocenters. The number of primary amides is 1. The molecule has 1 amide bonds. The molecule has 8 heteroatoms. The van der Waals surface area contributed by atoms with Crippen LogP contribution in [0, 0.1) is 11.3 Å². The van der Waals surface area contributed by atoms with Gasteiger partial charge in [-0.05, 0) is 5.92 Å². The van der Waals surface area contributed by atoms with Crippen molar-refractivity contribution in [1.82, 2.24) is 9.03 Å². The summed E-state index contributed by atoms with van der Waals surface area (Å²) >= 11 is 0. The Balaban J connectivity index is 3.11. The van der Waals surface area contributed by atoms with Crippen LogP contribution >= 0.6 is 0 Å². The molecule has 0 saturated heterocycles. The fourth-order valence-electron chi connectivity index (χ4n) is 1.23.